The van der Waals surface area contributed by atoms with E-state index >= 15 is 0 Å². The Balaban J connectivity index is 1.98. The minimum Gasteiger partial charge on any atom is -0.258 e. The number of non-ortho nitro benzene ring substituents is 1. The van der Waals surface area contributed by atoms with Crippen molar-refractivity contribution in [2.75, 3.05) is 6.54 Å². The second-order valence-electron chi connectivity index (χ2n) is 6.18. The smallest absolute Gasteiger partial charge is 0.258 e. The molecule has 0 radical (unpaired) electrons. The van der Waals surface area contributed by atoms with Crippen molar-refractivity contribution in [3.63, 3.8) is 0 Å². The zero-order valence-electron chi connectivity index (χ0n) is 13.9. The van der Waals surface area contributed by atoms with E-state index in [2.05, 4.69) is 0 Å². The standard InChI is InChI=1S/C17H20N2O4S2/c1-13-6-11-17(24-13)16-5-3-2-4-12-18(16)25(22,23)15-9-7-14(8-10-15)19(20)21/h6-11,16H,2-5,12H2,1H3. The molecule has 1 aliphatic heterocycles. The summed E-state index contributed by atoms with van der Waals surface area (Å²) in [5.74, 6) is 0. The van der Waals surface area contributed by atoms with E-state index in [4.69, 9.17) is 0 Å². The van der Waals surface area contributed by atoms with Crippen LogP contribution >= 0.6 is 11.3 Å². The fourth-order valence-electron chi connectivity index (χ4n) is 3.16. The highest BCUT2D eigenvalue weighted by Crippen LogP contribution is 2.37. The molecule has 0 amide bonds. The SMILES string of the molecule is Cc1ccc(C2CCCCCN2S(=O)(=O)c2ccc([N+](=O)[O-])cc2)s1. The topological polar surface area (TPSA) is 80.5 Å². The zero-order chi connectivity index (χ0) is 18.0. The van der Waals surface area contributed by atoms with Crippen molar-refractivity contribution in [1.29, 1.82) is 0 Å². The number of hydrogen-bond donors (Lipinski definition) is 0. The summed E-state index contributed by atoms with van der Waals surface area (Å²) in [6.07, 6.45) is 3.63. The lowest BCUT2D eigenvalue weighted by Crippen LogP contribution is -2.34. The Kier molecular flexibility index (Phi) is 5.21. The Morgan fingerprint density at radius 2 is 1.84 bits per heavy atom. The summed E-state index contributed by atoms with van der Waals surface area (Å²) in [4.78, 5) is 12.6. The lowest BCUT2D eigenvalue weighted by Gasteiger charge is -2.28. The molecule has 0 aliphatic carbocycles. The molecule has 0 spiro atoms. The normalized spacial score (nSPS) is 19.5. The number of sulfonamides is 1. The Hall–Kier alpha value is -1.77. The van der Waals surface area contributed by atoms with Gasteiger partial charge in [0.05, 0.1) is 15.9 Å². The second-order valence-corrected chi connectivity index (χ2v) is 9.39. The minimum atomic E-state index is -3.70. The van der Waals surface area contributed by atoms with Crippen molar-refractivity contribution in [3.05, 3.63) is 56.3 Å². The van der Waals surface area contributed by atoms with E-state index in [-0.39, 0.29) is 16.6 Å². The third kappa shape index (κ3) is 3.75. The lowest BCUT2D eigenvalue weighted by molar-refractivity contribution is -0.384. The van der Waals surface area contributed by atoms with E-state index in [1.807, 2.05) is 19.1 Å². The number of thiophene rings is 1. The highest BCUT2D eigenvalue weighted by Gasteiger charge is 2.34. The first-order valence-electron chi connectivity index (χ1n) is 8.22. The molecule has 0 bridgehead atoms. The van der Waals surface area contributed by atoms with Gasteiger partial charge in [-0.05, 0) is 44.0 Å². The first kappa shape index (κ1) is 18.0. The van der Waals surface area contributed by atoms with Crippen LogP contribution in [-0.4, -0.2) is 24.2 Å². The minimum absolute atomic E-state index is 0.110. The average Bonchev–Trinajstić information content (AvgIpc) is 2.86. The fraction of sp³-hybridized carbons (Fsp3) is 0.412. The maximum absolute atomic E-state index is 13.2. The van der Waals surface area contributed by atoms with E-state index in [1.54, 1.807) is 15.6 Å². The van der Waals surface area contributed by atoms with Gasteiger partial charge in [0.1, 0.15) is 0 Å². The van der Waals surface area contributed by atoms with Gasteiger partial charge in [-0.1, -0.05) is 12.8 Å². The molecule has 2 heterocycles. The Morgan fingerprint density at radius 1 is 1.12 bits per heavy atom. The van der Waals surface area contributed by atoms with Crippen LogP contribution in [0.15, 0.2) is 41.3 Å². The molecular formula is C17H20N2O4S2. The van der Waals surface area contributed by atoms with Gasteiger partial charge < -0.3 is 0 Å². The molecule has 1 unspecified atom stereocenters. The van der Waals surface area contributed by atoms with Crippen molar-refractivity contribution in [2.24, 2.45) is 0 Å². The predicted molar refractivity (Wildman–Crippen MR) is 97.3 cm³/mol. The molecule has 0 saturated carbocycles. The third-order valence-corrected chi connectivity index (χ3v) is 7.47. The number of rotatable bonds is 4. The summed E-state index contributed by atoms with van der Waals surface area (Å²) in [6.45, 7) is 2.49. The van der Waals surface area contributed by atoms with E-state index < -0.39 is 14.9 Å². The van der Waals surface area contributed by atoms with Gasteiger partial charge in [-0.15, -0.1) is 11.3 Å². The van der Waals surface area contributed by atoms with Crippen molar-refractivity contribution in [3.8, 4) is 0 Å². The number of benzene rings is 1. The van der Waals surface area contributed by atoms with Gasteiger partial charge in [0, 0.05) is 28.4 Å². The first-order valence-corrected chi connectivity index (χ1v) is 10.5. The molecule has 8 heteroatoms. The molecule has 1 saturated heterocycles. The monoisotopic (exact) mass is 380 g/mol. The quantitative estimate of drug-likeness (QED) is 0.586. The van der Waals surface area contributed by atoms with Gasteiger partial charge in [0.2, 0.25) is 10.0 Å². The third-order valence-electron chi connectivity index (χ3n) is 4.45. The molecule has 1 atom stereocenters. The molecule has 1 aliphatic rings. The van der Waals surface area contributed by atoms with Crippen molar-refractivity contribution >= 4 is 27.0 Å². The maximum Gasteiger partial charge on any atom is 0.269 e. The molecular weight excluding hydrogens is 360 g/mol. The molecule has 1 aromatic carbocycles. The van der Waals surface area contributed by atoms with E-state index in [9.17, 15) is 18.5 Å². The van der Waals surface area contributed by atoms with Crippen molar-refractivity contribution in [1.82, 2.24) is 4.31 Å². The highest BCUT2D eigenvalue weighted by atomic mass is 32.2. The molecule has 25 heavy (non-hydrogen) atoms. The molecule has 1 aromatic heterocycles. The largest absolute Gasteiger partial charge is 0.269 e. The van der Waals surface area contributed by atoms with Crippen LogP contribution in [-0.2, 0) is 10.0 Å². The summed E-state index contributed by atoms with van der Waals surface area (Å²) in [6, 6.07) is 9.01. The lowest BCUT2D eigenvalue weighted by atomic mass is 10.1. The summed E-state index contributed by atoms with van der Waals surface area (Å²) in [7, 11) is -3.70. The van der Waals surface area contributed by atoms with Crippen LogP contribution in [0.5, 0.6) is 0 Å². The van der Waals surface area contributed by atoms with Crippen LogP contribution in [0.1, 0.15) is 41.5 Å². The highest BCUT2D eigenvalue weighted by molar-refractivity contribution is 7.89. The van der Waals surface area contributed by atoms with Crippen molar-refractivity contribution < 1.29 is 13.3 Å². The van der Waals surface area contributed by atoms with E-state index in [0.29, 0.717) is 6.54 Å². The van der Waals surface area contributed by atoms with Crippen LogP contribution < -0.4 is 0 Å². The van der Waals surface area contributed by atoms with Crippen LogP contribution in [0.25, 0.3) is 0 Å². The predicted octanol–water partition coefficient (Wildman–Crippen LogP) is 4.27. The Labute approximate surface area is 151 Å². The van der Waals surface area contributed by atoms with Crippen LogP contribution in [0.3, 0.4) is 0 Å². The molecule has 3 rings (SSSR count). The van der Waals surface area contributed by atoms with Crippen LogP contribution in [0.4, 0.5) is 5.69 Å². The van der Waals surface area contributed by atoms with Gasteiger partial charge in [0.25, 0.3) is 5.69 Å². The van der Waals surface area contributed by atoms with E-state index in [0.717, 1.165) is 35.4 Å². The van der Waals surface area contributed by atoms with Crippen LogP contribution in [0, 0.1) is 17.0 Å². The van der Waals surface area contributed by atoms with Gasteiger partial charge in [-0.25, -0.2) is 8.42 Å². The first-order chi connectivity index (χ1) is 11.9. The number of aryl methyl sites for hydroxylation is 1. The summed E-state index contributed by atoms with van der Waals surface area (Å²) in [5.41, 5.74) is -0.111. The van der Waals surface area contributed by atoms with Gasteiger partial charge in [-0.3, -0.25) is 10.1 Å². The average molecular weight is 380 g/mol. The van der Waals surface area contributed by atoms with E-state index in [1.165, 1.54) is 24.3 Å². The van der Waals surface area contributed by atoms with Gasteiger partial charge in [0.15, 0.2) is 0 Å². The number of hydrogen-bond acceptors (Lipinski definition) is 5. The molecule has 0 N–H and O–H groups in total. The summed E-state index contributed by atoms with van der Waals surface area (Å²) in [5, 5.41) is 10.8. The summed E-state index contributed by atoms with van der Waals surface area (Å²) < 4.78 is 27.9. The molecule has 6 nitrogen and oxygen atoms in total. The molecule has 2 aromatic rings. The van der Waals surface area contributed by atoms with Crippen LogP contribution in [0.2, 0.25) is 0 Å². The second kappa shape index (κ2) is 7.23. The fourth-order valence-corrected chi connectivity index (χ4v) is 5.93. The Bertz CT molecular complexity index is 859. The maximum atomic E-state index is 13.2. The summed E-state index contributed by atoms with van der Waals surface area (Å²) >= 11 is 1.63. The van der Waals surface area contributed by atoms with Gasteiger partial charge in [-0.2, -0.15) is 4.31 Å². The number of nitrogens with zero attached hydrogens (tertiary/aromatic N) is 2. The van der Waals surface area contributed by atoms with Crippen molar-refractivity contribution in [2.45, 2.75) is 43.5 Å². The molecule has 134 valence electrons. The molecule has 1 fully saturated rings. The number of nitro groups is 1. The number of nitro benzene ring substituents is 1. The van der Waals surface area contributed by atoms with Gasteiger partial charge >= 0.3 is 0 Å². The Morgan fingerprint density at radius 3 is 2.44 bits per heavy atom. The zero-order valence-corrected chi connectivity index (χ0v) is 15.6.